The van der Waals surface area contributed by atoms with Crippen LogP contribution in [-0.4, -0.2) is 19.5 Å². The molecule has 0 saturated heterocycles. The Hall–Kier alpha value is -7.36. The highest BCUT2D eigenvalue weighted by atomic mass is 32.2. The molecule has 456 valence electrons. The number of thiophene rings is 4. The highest BCUT2D eigenvalue weighted by Gasteiger charge is 2.49. The van der Waals surface area contributed by atoms with Gasteiger partial charge in [0.15, 0.2) is 49.9 Å². The van der Waals surface area contributed by atoms with Crippen LogP contribution in [0.1, 0.15) is 102 Å². The first-order valence-corrected chi connectivity index (χ1v) is 37.8. The van der Waals surface area contributed by atoms with Gasteiger partial charge in [-0.2, -0.15) is 0 Å². The van der Waals surface area contributed by atoms with Gasteiger partial charge in [0, 0.05) is 111 Å². The lowest BCUT2D eigenvalue weighted by atomic mass is 9.55. The van der Waals surface area contributed by atoms with Gasteiger partial charge in [0.05, 0.1) is 12.7 Å². The summed E-state index contributed by atoms with van der Waals surface area (Å²) in [5, 5.41) is 13.8. The van der Waals surface area contributed by atoms with Gasteiger partial charge in [0.1, 0.15) is 27.6 Å². The molecule has 4 aromatic heterocycles. The van der Waals surface area contributed by atoms with Crippen molar-refractivity contribution >= 4 is 92.3 Å². The molecule has 4 heterocycles. The molecule has 0 N–H and O–H groups in total. The van der Waals surface area contributed by atoms with Crippen molar-refractivity contribution in [2.45, 2.75) is 111 Å². The fourth-order valence-corrected chi connectivity index (χ4v) is 22.7. The van der Waals surface area contributed by atoms with Crippen molar-refractivity contribution in [3.05, 3.63) is 263 Å². The first-order valence-electron chi connectivity index (χ1n) is 32.7. The first kappa shape index (κ1) is 61.5. The summed E-state index contributed by atoms with van der Waals surface area (Å²) < 4.78 is 25.6. The molecule has 3 nitrogen and oxygen atoms in total. The van der Waals surface area contributed by atoms with Gasteiger partial charge < -0.3 is 14.2 Å². The summed E-state index contributed by atoms with van der Waals surface area (Å²) in [6.07, 6.45) is 12.4. The van der Waals surface area contributed by atoms with E-state index in [-0.39, 0.29) is 47.3 Å². The molecule has 13 aromatic rings. The number of unbranched alkanes of at least 4 members (excludes halogenated alkanes) is 3. The molecule has 0 amide bonds. The predicted molar refractivity (Wildman–Crippen MR) is 394 cm³/mol. The van der Waals surface area contributed by atoms with E-state index >= 15 is 0 Å². The van der Waals surface area contributed by atoms with Crippen molar-refractivity contribution in [1.82, 2.24) is 0 Å². The van der Waals surface area contributed by atoms with Crippen molar-refractivity contribution in [2.75, 3.05) is 13.4 Å². The van der Waals surface area contributed by atoms with Gasteiger partial charge in [-0.05, 0) is 195 Å². The second-order valence-corrected chi connectivity index (χ2v) is 33.6. The van der Waals surface area contributed by atoms with Crippen molar-refractivity contribution in [2.24, 2.45) is 23.7 Å². The minimum Gasteiger partial charge on any atom is -0.493 e. The van der Waals surface area contributed by atoms with E-state index in [2.05, 4.69) is 288 Å². The third kappa shape index (κ3) is 13.6. The third-order valence-electron chi connectivity index (χ3n) is 18.7. The Morgan fingerprint density at radius 2 is 0.844 bits per heavy atom. The Labute approximate surface area is 544 Å². The second-order valence-electron chi connectivity index (χ2n) is 26.0. The van der Waals surface area contributed by atoms with Crippen molar-refractivity contribution in [3.63, 3.8) is 0 Å². The quantitative estimate of drug-likeness (QED) is 0.0617. The Kier molecular flexibility index (Phi) is 19.1. The zero-order valence-electron chi connectivity index (χ0n) is 53.2. The molecule has 4 fully saturated rings. The standard InChI is InChI=1S/C26H29OS.C25H27O2S.C18H19S.C14H11S/c1-4-5-6-11-16-27-26-19(2)17-21(18-20(26)3)28-24-14-9-7-12-22(24)23-13-8-10-15-25(23)28;1-2-4-24-19(3-1)9-10-28(24)23-7-5-22(6-8-23)26-16-27-25-20-12-17-11-18(14-20)15-21(25)13-17;1-18(2,3)15-8-10-16(11-9-15)19-13-12-14-6-4-5-7-17(14)19;1-2-7-13(8-3-1)15-11-10-12-6-4-5-9-14(12)15/h7-10,12-15,17-18H,4-6,11,16H2,1-3H3;1-10,17-18,20-21,25H,11-16H2;4-13H,1-3H3;1-11H/q4*+1. The zero-order valence-corrected chi connectivity index (χ0v) is 56.5. The number of fused-ring (bicyclic) bond motifs is 6. The summed E-state index contributed by atoms with van der Waals surface area (Å²) in [5.74, 6) is 5.55. The Morgan fingerprint density at radius 3 is 1.32 bits per heavy atom. The second kappa shape index (κ2) is 28.0. The van der Waals surface area contributed by atoms with Crippen LogP contribution in [0.15, 0.2) is 247 Å². The van der Waals surface area contributed by atoms with E-state index in [1.807, 2.05) is 0 Å². The molecule has 0 radical (unpaired) electrons. The number of hydrogen-bond acceptors (Lipinski definition) is 3. The van der Waals surface area contributed by atoms with Gasteiger partial charge in [0.2, 0.25) is 0 Å². The maximum atomic E-state index is 6.27. The van der Waals surface area contributed by atoms with E-state index in [1.165, 1.54) is 138 Å². The molecule has 4 aliphatic carbocycles. The summed E-state index contributed by atoms with van der Waals surface area (Å²) in [7, 11) is 0.284. The molecule has 4 bridgehead atoms. The Bertz CT molecular complexity index is 4390. The molecular weight excluding hydrogens is 1170 g/mol. The van der Waals surface area contributed by atoms with E-state index in [0.29, 0.717) is 12.9 Å². The highest BCUT2D eigenvalue weighted by molar-refractivity contribution is 7.50. The molecule has 0 aliphatic heterocycles. The SMILES string of the molecule is CC(C)(C)c1ccc(-[s+]2ccc3ccccc32)cc1.CCCCCCOc1c(C)cc(-[s+]2c3ccccc3c3ccccc32)cc1C.c1ccc(-[s+]2ccc3ccccc32)cc1.c1ccc2c(c1)cc[s+]2-c1ccc(OCOC2C3CC4CC(C3)CC2C4)cc1. The van der Waals surface area contributed by atoms with Crippen LogP contribution < -0.4 is 9.47 Å². The number of ether oxygens (including phenoxy) is 3. The number of hydrogen-bond donors (Lipinski definition) is 0. The minimum absolute atomic E-state index is 0.0350. The molecule has 7 heteroatoms. The lowest BCUT2D eigenvalue weighted by molar-refractivity contribution is -0.155. The highest BCUT2D eigenvalue weighted by Crippen LogP contribution is 2.55. The largest absolute Gasteiger partial charge is 0.493 e. The molecule has 3 atom stereocenters. The van der Waals surface area contributed by atoms with E-state index in [1.54, 1.807) is 0 Å². The van der Waals surface area contributed by atoms with Crippen LogP contribution >= 0.6 is 41.9 Å². The van der Waals surface area contributed by atoms with Gasteiger partial charge in [-0.15, -0.1) is 0 Å². The van der Waals surface area contributed by atoms with E-state index in [0.717, 1.165) is 48.2 Å². The topological polar surface area (TPSA) is 27.7 Å². The van der Waals surface area contributed by atoms with E-state index in [4.69, 9.17) is 14.2 Å². The lowest BCUT2D eigenvalue weighted by Gasteiger charge is -2.53. The van der Waals surface area contributed by atoms with Crippen LogP contribution in [0.5, 0.6) is 11.5 Å². The van der Waals surface area contributed by atoms with E-state index < -0.39 is 0 Å². The molecule has 4 saturated carbocycles. The smallest absolute Gasteiger partial charge is 0.189 e. The average molecular weight is 1260 g/mol. The first-order chi connectivity index (χ1) is 44.0. The molecule has 17 rings (SSSR count). The van der Waals surface area contributed by atoms with E-state index in [9.17, 15) is 0 Å². The summed E-state index contributed by atoms with van der Waals surface area (Å²) in [5.41, 5.74) is 4.13. The van der Waals surface area contributed by atoms with Gasteiger partial charge in [-0.1, -0.05) is 138 Å². The fourth-order valence-electron chi connectivity index (χ4n) is 14.5. The molecule has 90 heavy (non-hydrogen) atoms. The summed E-state index contributed by atoms with van der Waals surface area (Å²) >= 11 is 0. The number of rotatable bonds is 14. The normalized spacial score (nSPS) is 18.0. The van der Waals surface area contributed by atoms with Gasteiger partial charge in [-0.3, -0.25) is 0 Å². The minimum atomic E-state index is -0.0350. The van der Waals surface area contributed by atoms with Gasteiger partial charge in [-0.25, -0.2) is 0 Å². The molecule has 4 aliphatic rings. The molecular formula is C83H86O3S4+4. The zero-order chi connectivity index (χ0) is 61.6. The number of aryl methyl sites for hydroxylation is 2. The van der Waals surface area contributed by atoms with Gasteiger partial charge in [0.25, 0.3) is 0 Å². The Balaban J connectivity index is 0.000000113. The van der Waals surface area contributed by atoms with Crippen LogP contribution in [-0.2, 0) is 10.2 Å². The monoisotopic (exact) mass is 1260 g/mol. The van der Waals surface area contributed by atoms with Crippen LogP contribution in [0, 0.1) is 37.5 Å². The maximum absolute atomic E-state index is 6.27. The summed E-state index contributed by atoms with van der Waals surface area (Å²) in [6, 6.07) is 83.5. The fraction of sp³-hybridized carbons (Fsp3) is 0.277. The van der Waals surface area contributed by atoms with Crippen LogP contribution in [0.25, 0.3) is 70.0 Å². The average Bonchev–Trinajstić information content (AvgIpc) is 1.54. The lowest BCUT2D eigenvalue weighted by Crippen LogP contribution is -2.49. The maximum Gasteiger partial charge on any atom is 0.189 e. The van der Waals surface area contributed by atoms with Crippen molar-refractivity contribution in [3.8, 4) is 31.1 Å². The Morgan fingerprint density at radius 1 is 0.411 bits per heavy atom. The molecule has 9 aromatic carbocycles. The van der Waals surface area contributed by atoms with Crippen LogP contribution in [0.4, 0.5) is 0 Å². The van der Waals surface area contributed by atoms with Crippen LogP contribution in [0.3, 0.4) is 0 Å². The third-order valence-corrected chi connectivity index (χ3v) is 27.1. The molecule has 3 unspecified atom stereocenters. The van der Waals surface area contributed by atoms with Gasteiger partial charge >= 0.3 is 0 Å². The molecule has 0 spiro atoms. The number of benzene rings is 9. The van der Waals surface area contributed by atoms with Crippen LogP contribution in [0.2, 0.25) is 0 Å². The predicted octanol–water partition coefficient (Wildman–Crippen LogP) is 25.5. The van der Waals surface area contributed by atoms with Crippen molar-refractivity contribution in [1.29, 1.82) is 0 Å². The summed E-state index contributed by atoms with van der Waals surface area (Å²) in [4.78, 5) is 5.55. The van der Waals surface area contributed by atoms with Crippen molar-refractivity contribution < 1.29 is 14.2 Å². The summed E-state index contributed by atoms with van der Waals surface area (Å²) in [6.45, 7) is 14.6.